The Bertz CT molecular complexity index is 723. The maximum atomic E-state index is 12.3. The van der Waals surface area contributed by atoms with Crippen LogP contribution in [0, 0.1) is 5.92 Å². The number of para-hydroxylation sites is 1. The summed E-state index contributed by atoms with van der Waals surface area (Å²) in [7, 11) is 0. The van der Waals surface area contributed by atoms with Crippen molar-refractivity contribution in [1.29, 1.82) is 0 Å². The van der Waals surface area contributed by atoms with Crippen LogP contribution in [-0.4, -0.2) is 28.6 Å². The lowest BCUT2D eigenvalue weighted by molar-refractivity contribution is 0.0946. The molecule has 1 aromatic heterocycles. The van der Waals surface area contributed by atoms with Crippen LogP contribution in [0.4, 0.5) is 0 Å². The molecule has 1 aliphatic carbocycles. The highest BCUT2D eigenvalue weighted by molar-refractivity contribution is 6.05. The van der Waals surface area contributed by atoms with Gasteiger partial charge in [0.15, 0.2) is 0 Å². The molecule has 1 saturated carbocycles. The monoisotopic (exact) mass is 286 g/mol. The average Bonchev–Trinajstić information content (AvgIpc) is 2.89. The van der Waals surface area contributed by atoms with E-state index in [1.54, 1.807) is 6.07 Å². The van der Waals surface area contributed by atoms with E-state index in [9.17, 15) is 14.7 Å². The summed E-state index contributed by atoms with van der Waals surface area (Å²) in [5, 5.41) is 13.1. The van der Waals surface area contributed by atoms with Crippen LogP contribution in [0.15, 0.2) is 35.1 Å². The summed E-state index contributed by atoms with van der Waals surface area (Å²) in [6.07, 6.45) is 2.22. The number of fused-ring (bicyclic) bond motifs is 1. The van der Waals surface area contributed by atoms with Crippen LogP contribution in [0.1, 0.15) is 29.6 Å². The minimum atomic E-state index is -0.282. The molecule has 3 rings (SSSR count). The molecule has 1 fully saturated rings. The van der Waals surface area contributed by atoms with Crippen LogP contribution in [0.5, 0.6) is 0 Å². The molecule has 1 aromatic carbocycles. The molecular weight excluding hydrogens is 268 g/mol. The number of amides is 1. The number of carbonyl (C=O) groups is 1. The van der Waals surface area contributed by atoms with E-state index >= 15 is 0 Å². The highest BCUT2D eigenvalue weighted by Gasteiger charge is 2.23. The zero-order valence-corrected chi connectivity index (χ0v) is 11.6. The molecule has 5 heteroatoms. The lowest BCUT2D eigenvalue weighted by Crippen LogP contribution is -2.29. The summed E-state index contributed by atoms with van der Waals surface area (Å²) in [5.41, 5.74) is 0.773. The molecule has 0 aliphatic heterocycles. The van der Waals surface area contributed by atoms with E-state index in [2.05, 4.69) is 10.3 Å². The molecule has 1 aliphatic rings. The third-order valence-corrected chi connectivity index (χ3v) is 4.06. The smallest absolute Gasteiger partial charge is 0.252 e. The van der Waals surface area contributed by atoms with E-state index in [1.807, 2.05) is 18.2 Å². The molecule has 21 heavy (non-hydrogen) atoms. The van der Waals surface area contributed by atoms with Gasteiger partial charge in [-0.2, -0.15) is 0 Å². The molecule has 2 aromatic rings. The summed E-state index contributed by atoms with van der Waals surface area (Å²) < 4.78 is 0. The van der Waals surface area contributed by atoms with Crippen LogP contribution >= 0.6 is 0 Å². The second-order valence-electron chi connectivity index (χ2n) is 5.64. The van der Waals surface area contributed by atoms with Gasteiger partial charge in [-0.05, 0) is 31.2 Å². The summed E-state index contributed by atoms with van der Waals surface area (Å²) in [5.74, 6) is 0.0795. The SMILES string of the molecule is O=C(NCC1CCC(O)C1)c1cc(=O)[nH]c2ccccc12. The Morgan fingerprint density at radius 1 is 1.33 bits per heavy atom. The Labute approximate surface area is 122 Å². The fourth-order valence-electron chi connectivity index (χ4n) is 2.96. The Hall–Kier alpha value is -2.14. The number of rotatable bonds is 3. The van der Waals surface area contributed by atoms with Crippen molar-refractivity contribution in [3.63, 3.8) is 0 Å². The van der Waals surface area contributed by atoms with Crippen molar-refractivity contribution < 1.29 is 9.90 Å². The lowest BCUT2D eigenvalue weighted by Gasteiger charge is -2.12. The first kappa shape index (κ1) is 13.8. The number of carbonyl (C=O) groups excluding carboxylic acids is 1. The number of aliphatic hydroxyl groups is 1. The van der Waals surface area contributed by atoms with Crippen molar-refractivity contribution in [2.24, 2.45) is 5.92 Å². The van der Waals surface area contributed by atoms with Crippen molar-refractivity contribution in [3.05, 3.63) is 46.2 Å². The van der Waals surface area contributed by atoms with Gasteiger partial charge in [0, 0.05) is 23.5 Å². The van der Waals surface area contributed by atoms with E-state index in [-0.39, 0.29) is 17.6 Å². The molecule has 2 atom stereocenters. The zero-order chi connectivity index (χ0) is 14.8. The molecule has 110 valence electrons. The predicted octanol–water partition coefficient (Wildman–Crippen LogP) is 1.42. The lowest BCUT2D eigenvalue weighted by atomic mass is 10.1. The molecule has 2 unspecified atom stereocenters. The van der Waals surface area contributed by atoms with Crippen molar-refractivity contribution in [3.8, 4) is 0 Å². The van der Waals surface area contributed by atoms with Gasteiger partial charge in [-0.3, -0.25) is 9.59 Å². The normalized spacial score (nSPS) is 21.6. The number of aliphatic hydroxyl groups excluding tert-OH is 1. The molecule has 0 bridgehead atoms. The van der Waals surface area contributed by atoms with Crippen LogP contribution in [0.3, 0.4) is 0 Å². The van der Waals surface area contributed by atoms with Gasteiger partial charge in [0.2, 0.25) is 5.56 Å². The van der Waals surface area contributed by atoms with Gasteiger partial charge < -0.3 is 15.4 Å². The van der Waals surface area contributed by atoms with Crippen LogP contribution in [0.2, 0.25) is 0 Å². The van der Waals surface area contributed by atoms with Crippen LogP contribution in [0.25, 0.3) is 10.9 Å². The van der Waals surface area contributed by atoms with Gasteiger partial charge in [-0.15, -0.1) is 0 Å². The molecule has 3 N–H and O–H groups in total. The van der Waals surface area contributed by atoms with Crippen molar-refractivity contribution in [1.82, 2.24) is 10.3 Å². The quantitative estimate of drug-likeness (QED) is 0.798. The third kappa shape index (κ3) is 2.97. The largest absolute Gasteiger partial charge is 0.393 e. The Morgan fingerprint density at radius 3 is 2.90 bits per heavy atom. The molecule has 0 saturated heterocycles. The summed E-state index contributed by atoms with van der Waals surface area (Å²) in [6.45, 7) is 0.539. The molecule has 1 amide bonds. The standard InChI is InChI=1S/C16H18N2O3/c19-11-6-5-10(7-11)9-17-16(21)13-8-15(20)18-14-4-2-1-3-12(13)14/h1-4,8,10-11,19H,5-7,9H2,(H,17,21)(H,18,20). The summed E-state index contributed by atoms with van der Waals surface area (Å²) in [4.78, 5) is 26.7. The first-order valence-electron chi connectivity index (χ1n) is 7.22. The number of aromatic nitrogens is 1. The van der Waals surface area contributed by atoms with Gasteiger partial charge in [0.1, 0.15) is 0 Å². The summed E-state index contributed by atoms with van der Waals surface area (Å²) >= 11 is 0. The Balaban J connectivity index is 1.79. The second kappa shape index (κ2) is 5.69. The Kier molecular flexibility index (Phi) is 3.75. The van der Waals surface area contributed by atoms with Gasteiger partial charge in [0.25, 0.3) is 5.91 Å². The zero-order valence-electron chi connectivity index (χ0n) is 11.6. The van der Waals surface area contributed by atoms with E-state index in [0.29, 0.717) is 23.5 Å². The van der Waals surface area contributed by atoms with Crippen LogP contribution < -0.4 is 10.9 Å². The maximum absolute atomic E-state index is 12.3. The minimum absolute atomic E-state index is 0.237. The topological polar surface area (TPSA) is 82.2 Å². The number of pyridine rings is 1. The fourth-order valence-corrected chi connectivity index (χ4v) is 2.96. The highest BCUT2D eigenvalue weighted by Crippen LogP contribution is 2.24. The van der Waals surface area contributed by atoms with E-state index in [1.165, 1.54) is 6.07 Å². The van der Waals surface area contributed by atoms with Gasteiger partial charge >= 0.3 is 0 Å². The molecule has 5 nitrogen and oxygen atoms in total. The van der Waals surface area contributed by atoms with E-state index in [4.69, 9.17) is 0 Å². The molecule has 0 spiro atoms. The van der Waals surface area contributed by atoms with Crippen molar-refractivity contribution >= 4 is 16.8 Å². The predicted molar refractivity (Wildman–Crippen MR) is 80.2 cm³/mol. The van der Waals surface area contributed by atoms with E-state index in [0.717, 1.165) is 24.6 Å². The Morgan fingerprint density at radius 2 is 2.14 bits per heavy atom. The fraction of sp³-hybridized carbons (Fsp3) is 0.375. The molecule has 0 radical (unpaired) electrons. The van der Waals surface area contributed by atoms with Crippen molar-refractivity contribution in [2.75, 3.05) is 6.54 Å². The number of aromatic amines is 1. The molecule has 1 heterocycles. The summed E-state index contributed by atoms with van der Waals surface area (Å²) in [6, 6.07) is 8.59. The first-order valence-corrected chi connectivity index (χ1v) is 7.22. The first-order chi connectivity index (χ1) is 10.1. The second-order valence-corrected chi connectivity index (χ2v) is 5.64. The minimum Gasteiger partial charge on any atom is -0.393 e. The number of H-pyrrole nitrogens is 1. The third-order valence-electron chi connectivity index (χ3n) is 4.06. The average molecular weight is 286 g/mol. The van der Waals surface area contributed by atoms with Gasteiger partial charge in [-0.25, -0.2) is 0 Å². The van der Waals surface area contributed by atoms with Crippen LogP contribution in [-0.2, 0) is 0 Å². The number of benzene rings is 1. The van der Waals surface area contributed by atoms with Gasteiger partial charge in [-0.1, -0.05) is 18.2 Å². The molecular formula is C16H18N2O3. The van der Waals surface area contributed by atoms with E-state index < -0.39 is 0 Å². The number of hydrogen-bond acceptors (Lipinski definition) is 3. The number of nitrogens with one attached hydrogen (secondary N) is 2. The number of hydrogen-bond donors (Lipinski definition) is 3. The van der Waals surface area contributed by atoms with Crippen molar-refractivity contribution in [2.45, 2.75) is 25.4 Å². The van der Waals surface area contributed by atoms with Gasteiger partial charge in [0.05, 0.1) is 11.7 Å². The maximum Gasteiger partial charge on any atom is 0.252 e. The highest BCUT2D eigenvalue weighted by atomic mass is 16.3.